The van der Waals surface area contributed by atoms with Gasteiger partial charge >= 0.3 is 0 Å². The standard InChI is InChI=1S/C8H3ClFIN2/c9-7-5-2-1-4(10)3-6(5)12-8(11)13-7/h1-3H. The molecule has 1 aromatic carbocycles. The fourth-order valence-electron chi connectivity index (χ4n) is 1.04. The predicted octanol–water partition coefficient (Wildman–Crippen LogP) is 3.03. The molecule has 1 aromatic heterocycles. The number of nitrogens with zero attached hydrogens (tertiary/aromatic N) is 2. The molecule has 13 heavy (non-hydrogen) atoms. The maximum Gasteiger partial charge on any atom is 0.192 e. The highest BCUT2D eigenvalue weighted by Crippen LogP contribution is 2.21. The SMILES string of the molecule is Fc1ccc2c(Cl)nc(I)nc2c1. The second-order valence-electron chi connectivity index (χ2n) is 2.44. The van der Waals surface area contributed by atoms with Gasteiger partial charge in [-0.1, -0.05) is 11.6 Å². The van der Waals surface area contributed by atoms with E-state index in [0.29, 0.717) is 19.9 Å². The summed E-state index contributed by atoms with van der Waals surface area (Å²) in [5, 5.41) is 1.03. The molecule has 1 heterocycles. The van der Waals surface area contributed by atoms with Gasteiger partial charge in [0.05, 0.1) is 5.52 Å². The van der Waals surface area contributed by atoms with Crippen LogP contribution in [0.15, 0.2) is 18.2 Å². The third-order valence-corrected chi connectivity index (χ3v) is 2.36. The third kappa shape index (κ3) is 1.73. The lowest BCUT2D eigenvalue weighted by molar-refractivity contribution is 0.629. The van der Waals surface area contributed by atoms with Crippen molar-refractivity contribution in [2.45, 2.75) is 0 Å². The van der Waals surface area contributed by atoms with Crippen LogP contribution in [0.4, 0.5) is 4.39 Å². The maximum atomic E-state index is 12.8. The Balaban J connectivity index is 2.86. The number of hydrogen-bond donors (Lipinski definition) is 0. The normalized spacial score (nSPS) is 10.7. The van der Waals surface area contributed by atoms with Crippen LogP contribution >= 0.6 is 34.2 Å². The van der Waals surface area contributed by atoms with Crippen molar-refractivity contribution in [3.8, 4) is 0 Å². The highest BCUT2D eigenvalue weighted by Gasteiger charge is 2.04. The van der Waals surface area contributed by atoms with Gasteiger partial charge in [-0.15, -0.1) is 0 Å². The van der Waals surface area contributed by atoms with E-state index >= 15 is 0 Å². The Morgan fingerprint density at radius 1 is 1.31 bits per heavy atom. The van der Waals surface area contributed by atoms with Gasteiger partial charge in [0.25, 0.3) is 0 Å². The molecule has 0 atom stereocenters. The Labute approximate surface area is 92.3 Å². The minimum Gasteiger partial charge on any atom is -0.223 e. The van der Waals surface area contributed by atoms with Gasteiger partial charge in [0.1, 0.15) is 11.0 Å². The first-order chi connectivity index (χ1) is 6.16. The lowest BCUT2D eigenvalue weighted by atomic mass is 10.2. The second-order valence-corrected chi connectivity index (χ2v) is 3.77. The van der Waals surface area contributed by atoms with Crippen molar-refractivity contribution in [2.24, 2.45) is 0 Å². The molecule has 0 aliphatic rings. The van der Waals surface area contributed by atoms with Crippen LogP contribution in [0.1, 0.15) is 0 Å². The molecule has 0 fully saturated rings. The topological polar surface area (TPSA) is 25.8 Å². The maximum absolute atomic E-state index is 12.8. The molecule has 0 bridgehead atoms. The average molecular weight is 308 g/mol. The number of aromatic nitrogens is 2. The first-order valence-corrected chi connectivity index (χ1v) is 4.91. The van der Waals surface area contributed by atoms with Gasteiger partial charge in [-0.05, 0) is 12.1 Å². The van der Waals surface area contributed by atoms with E-state index in [1.807, 2.05) is 22.6 Å². The summed E-state index contributed by atoms with van der Waals surface area (Å²) >= 11 is 7.77. The summed E-state index contributed by atoms with van der Waals surface area (Å²) in [6, 6.07) is 4.25. The van der Waals surface area contributed by atoms with Crippen LogP contribution in [0.2, 0.25) is 5.15 Å². The minimum absolute atomic E-state index is 0.321. The summed E-state index contributed by atoms with van der Waals surface area (Å²) in [6.45, 7) is 0. The summed E-state index contributed by atoms with van der Waals surface area (Å²) < 4.78 is 13.3. The highest BCUT2D eigenvalue weighted by atomic mass is 127. The van der Waals surface area contributed by atoms with Gasteiger partial charge in [-0.3, -0.25) is 0 Å². The molecule has 66 valence electrons. The predicted molar refractivity (Wildman–Crippen MR) is 57.2 cm³/mol. The Morgan fingerprint density at radius 3 is 2.85 bits per heavy atom. The lowest BCUT2D eigenvalue weighted by Gasteiger charge is -1.99. The van der Waals surface area contributed by atoms with Gasteiger partial charge in [0, 0.05) is 34.0 Å². The van der Waals surface area contributed by atoms with Crippen LogP contribution in [0.25, 0.3) is 10.9 Å². The van der Waals surface area contributed by atoms with E-state index in [1.165, 1.54) is 12.1 Å². The Kier molecular flexibility index (Phi) is 2.33. The van der Waals surface area contributed by atoms with Crippen molar-refractivity contribution in [3.05, 3.63) is 33.0 Å². The zero-order valence-electron chi connectivity index (χ0n) is 6.26. The van der Waals surface area contributed by atoms with Crippen molar-refractivity contribution in [3.63, 3.8) is 0 Å². The van der Waals surface area contributed by atoms with Gasteiger partial charge in [-0.2, -0.15) is 0 Å². The first kappa shape index (κ1) is 9.08. The zero-order chi connectivity index (χ0) is 9.42. The Morgan fingerprint density at radius 2 is 2.08 bits per heavy atom. The van der Waals surface area contributed by atoms with Crippen LogP contribution < -0.4 is 0 Å². The molecule has 0 saturated carbocycles. The van der Waals surface area contributed by atoms with E-state index in [9.17, 15) is 4.39 Å². The zero-order valence-corrected chi connectivity index (χ0v) is 9.17. The lowest BCUT2D eigenvalue weighted by Crippen LogP contribution is -1.90. The molecular formula is C8H3ClFIN2. The fourth-order valence-corrected chi connectivity index (χ4v) is 1.92. The summed E-state index contributed by atoms with van der Waals surface area (Å²) in [4.78, 5) is 8.00. The van der Waals surface area contributed by atoms with Crippen molar-refractivity contribution in [1.29, 1.82) is 0 Å². The minimum atomic E-state index is -0.321. The molecule has 0 unspecified atom stereocenters. The molecular weight excluding hydrogens is 305 g/mol. The van der Waals surface area contributed by atoms with E-state index in [-0.39, 0.29) is 5.82 Å². The summed E-state index contributed by atoms with van der Waals surface area (Å²) in [5.41, 5.74) is 0.532. The van der Waals surface area contributed by atoms with E-state index in [4.69, 9.17) is 11.6 Å². The molecule has 0 aliphatic carbocycles. The largest absolute Gasteiger partial charge is 0.223 e. The smallest absolute Gasteiger partial charge is 0.192 e. The fraction of sp³-hybridized carbons (Fsp3) is 0. The molecule has 0 aliphatic heterocycles. The van der Waals surface area contributed by atoms with Crippen LogP contribution in [0.3, 0.4) is 0 Å². The van der Waals surface area contributed by atoms with Crippen LogP contribution in [-0.4, -0.2) is 9.97 Å². The second kappa shape index (κ2) is 3.34. The van der Waals surface area contributed by atoms with Gasteiger partial charge in [0.15, 0.2) is 3.83 Å². The monoisotopic (exact) mass is 308 g/mol. The number of fused-ring (bicyclic) bond motifs is 1. The molecule has 0 amide bonds. The third-order valence-electron chi connectivity index (χ3n) is 1.59. The summed E-state index contributed by atoms with van der Waals surface area (Å²) in [6.07, 6.45) is 0. The number of halogens is 3. The molecule has 0 spiro atoms. The highest BCUT2D eigenvalue weighted by molar-refractivity contribution is 14.1. The van der Waals surface area contributed by atoms with E-state index < -0.39 is 0 Å². The number of benzene rings is 1. The number of rotatable bonds is 0. The van der Waals surface area contributed by atoms with E-state index in [1.54, 1.807) is 6.07 Å². The Hall–Kier alpha value is -0.490. The van der Waals surface area contributed by atoms with Gasteiger partial charge in [-0.25, -0.2) is 14.4 Å². The van der Waals surface area contributed by atoms with E-state index in [0.717, 1.165) is 0 Å². The van der Waals surface area contributed by atoms with Crippen molar-refractivity contribution in [1.82, 2.24) is 9.97 Å². The summed E-state index contributed by atoms with van der Waals surface area (Å²) in [5.74, 6) is -0.321. The molecule has 2 nitrogen and oxygen atoms in total. The van der Waals surface area contributed by atoms with Crippen molar-refractivity contribution >= 4 is 45.1 Å². The average Bonchev–Trinajstić information content (AvgIpc) is 2.02. The summed E-state index contributed by atoms with van der Waals surface area (Å²) in [7, 11) is 0. The van der Waals surface area contributed by atoms with Crippen molar-refractivity contribution in [2.75, 3.05) is 0 Å². The molecule has 0 N–H and O–H groups in total. The molecule has 2 rings (SSSR count). The Bertz CT molecular complexity index is 470. The molecule has 2 aromatic rings. The van der Waals surface area contributed by atoms with Crippen molar-refractivity contribution < 1.29 is 4.39 Å². The van der Waals surface area contributed by atoms with Crippen LogP contribution in [0, 0.1) is 9.65 Å². The first-order valence-electron chi connectivity index (χ1n) is 3.45. The molecule has 5 heteroatoms. The molecule has 0 radical (unpaired) electrons. The van der Waals surface area contributed by atoms with Gasteiger partial charge < -0.3 is 0 Å². The van der Waals surface area contributed by atoms with Crippen LogP contribution in [0.5, 0.6) is 0 Å². The van der Waals surface area contributed by atoms with Gasteiger partial charge in [0.2, 0.25) is 0 Å². The van der Waals surface area contributed by atoms with E-state index in [2.05, 4.69) is 9.97 Å². The van der Waals surface area contributed by atoms with Crippen LogP contribution in [-0.2, 0) is 0 Å². The number of hydrogen-bond acceptors (Lipinski definition) is 2. The quantitative estimate of drug-likeness (QED) is 0.425. The molecule has 0 saturated heterocycles.